The summed E-state index contributed by atoms with van der Waals surface area (Å²) in [5.41, 5.74) is 5.13. The topological polar surface area (TPSA) is 72.5 Å². The second-order valence-electron chi connectivity index (χ2n) is 7.25. The highest BCUT2D eigenvalue weighted by Crippen LogP contribution is 2.31. The van der Waals surface area contributed by atoms with Crippen LogP contribution in [-0.4, -0.2) is 31.7 Å². The van der Waals surface area contributed by atoms with Crippen LogP contribution in [0.4, 0.5) is 5.13 Å². The number of rotatable bonds is 6. The van der Waals surface area contributed by atoms with Gasteiger partial charge >= 0.3 is 0 Å². The van der Waals surface area contributed by atoms with Crippen molar-refractivity contribution in [3.05, 3.63) is 69.2 Å². The molecule has 1 aliphatic rings. The van der Waals surface area contributed by atoms with Gasteiger partial charge in [-0.2, -0.15) is 0 Å². The highest BCUT2D eigenvalue weighted by molar-refractivity contribution is 7.15. The summed E-state index contributed by atoms with van der Waals surface area (Å²) in [7, 11) is 3.29. The third-order valence-corrected chi connectivity index (χ3v) is 6.39. The standard InChI is InChI=1S/C23H25N3O3S/c1-14-21(11-16-6-7-19(28-2)12-20(16)29-3)30-23(25-14)26-22(27)17-4-5-18-13-24-9-8-15(18)10-17/h4-7,10,12,24H,8-9,11,13H2,1-3H3,(H,25,26,27). The summed E-state index contributed by atoms with van der Waals surface area (Å²) >= 11 is 1.50. The fourth-order valence-corrected chi connectivity index (χ4v) is 4.58. The minimum atomic E-state index is -0.126. The van der Waals surface area contributed by atoms with E-state index in [0.29, 0.717) is 17.1 Å². The Balaban J connectivity index is 1.50. The Kier molecular flexibility index (Phi) is 6.01. The monoisotopic (exact) mass is 423 g/mol. The lowest BCUT2D eigenvalue weighted by molar-refractivity contribution is 0.102. The van der Waals surface area contributed by atoms with E-state index in [0.717, 1.165) is 47.1 Å². The molecule has 0 spiro atoms. The largest absolute Gasteiger partial charge is 0.497 e. The number of amides is 1. The first-order valence-corrected chi connectivity index (χ1v) is 10.7. The van der Waals surface area contributed by atoms with E-state index in [9.17, 15) is 4.79 Å². The number of carbonyl (C=O) groups excluding carboxylic acids is 1. The number of hydrogen-bond donors (Lipinski definition) is 2. The molecule has 2 N–H and O–H groups in total. The van der Waals surface area contributed by atoms with Gasteiger partial charge in [0.1, 0.15) is 11.5 Å². The van der Waals surface area contributed by atoms with Crippen LogP contribution in [0, 0.1) is 6.92 Å². The smallest absolute Gasteiger partial charge is 0.257 e. The molecule has 2 aromatic carbocycles. The van der Waals surface area contributed by atoms with Gasteiger partial charge in [-0.25, -0.2) is 4.98 Å². The van der Waals surface area contributed by atoms with Gasteiger partial charge < -0.3 is 14.8 Å². The molecule has 4 rings (SSSR count). The number of fused-ring (bicyclic) bond motifs is 1. The number of thiazole rings is 1. The number of hydrogen-bond acceptors (Lipinski definition) is 6. The second kappa shape index (κ2) is 8.85. The third-order valence-electron chi connectivity index (χ3n) is 5.31. The van der Waals surface area contributed by atoms with Crippen molar-refractivity contribution in [1.29, 1.82) is 0 Å². The first-order chi connectivity index (χ1) is 14.6. The summed E-state index contributed by atoms with van der Waals surface area (Å²) in [6.45, 7) is 3.77. The van der Waals surface area contributed by atoms with E-state index in [2.05, 4.69) is 15.6 Å². The van der Waals surface area contributed by atoms with Crippen molar-refractivity contribution >= 4 is 22.4 Å². The fourth-order valence-electron chi connectivity index (χ4n) is 3.60. The van der Waals surface area contributed by atoms with Crippen LogP contribution in [0.15, 0.2) is 36.4 Å². The molecule has 0 bridgehead atoms. The molecule has 1 aliphatic heterocycles. The third kappa shape index (κ3) is 4.32. The number of benzene rings is 2. The Bertz CT molecular complexity index is 1080. The zero-order chi connectivity index (χ0) is 21.1. The summed E-state index contributed by atoms with van der Waals surface area (Å²) < 4.78 is 10.8. The first-order valence-electron chi connectivity index (χ1n) is 9.88. The molecule has 0 unspecified atom stereocenters. The minimum absolute atomic E-state index is 0.126. The van der Waals surface area contributed by atoms with Crippen molar-refractivity contribution < 1.29 is 14.3 Å². The molecule has 0 fully saturated rings. The van der Waals surface area contributed by atoms with E-state index in [-0.39, 0.29) is 5.91 Å². The van der Waals surface area contributed by atoms with Crippen molar-refractivity contribution in [3.63, 3.8) is 0 Å². The predicted octanol–water partition coefficient (Wildman–Crippen LogP) is 3.96. The predicted molar refractivity (Wildman–Crippen MR) is 119 cm³/mol. The molecule has 1 aromatic heterocycles. The number of aromatic nitrogens is 1. The lowest BCUT2D eigenvalue weighted by Crippen LogP contribution is -2.24. The highest BCUT2D eigenvalue weighted by Gasteiger charge is 2.16. The highest BCUT2D eigenvalue weighted by atomic mass is 32.1. The number of methoxy groups -OCH3 is 2. The van der Waals surface area contributed by atoms with Crippen LogP contribution in [0.25, 0.3) is 0 Å². The van der Waals surface area contributed by atoms with E-state index < -0.39 is 0 Å². The molecule has 6 nitrogen and oxygen atoms in total. The van der Waals surface area contributed by atoms with Gasteiger partial charge in [0.15, 0.2) is 5.13 Å². The second-order valence-corrected chi connectivity index (χ2v) is 8.33. The molecular formula is C23H25N3O3S. The van der Waals surface area contributed by atoms with Crippen molar-refractivity contribution in [2.45, 2.75) is 26.3 Å². The molecule has 3 aromatic rings. The van der Waals surface area contributed by atoms with Crippen molar-refractivity contribution in [2.24, 2.45) is 0 Å². The molecular weight excluding hydrogens is 398 g/mol. The molecule has 30 heavy (non-hydrogen) atoms. The zero-order valence-electron chi connectivity index (χ0n) is 17.4. The van der Waals surface area contributed by atoms with Gasteiger partial charge in [-0.1, -0.05) is 12.1 Å². The van der Waals surface area contributed by atoms with E-state index >= 15 is 0 Å². The molecule has 0 aliphatic carbocycles. The van der Waals surface area contributed by atoms with Gasteiger partial charge in [-0.15, -0.1) is 11.3 Å². The zero-order valence-corrected chi connectivity index (χ0v) is 18.2. The molecule has 0 radical (unpaired) electrons. The Morgan fingerprint density at radius 1 is 1.17 bits per heavy atom. The van der Waals surface area contributed by atoms with Crippen LogP contribution in [-0.2, 0) is 19.4 Å². The van der Waals surface area contributed by atoms with E-state index in [4.69, 9.17) is 9.47 Å². The maximum absolute atomic E-state index is 12.8. The van der Waals surface area contributed by atoms with E-state index in [1.165, 1.54) is 22.5 Å². The van der Waals surface area contributed by atoms with Gasteiger partial charge in [-0.05, 0) is 54.8 Å². The molecule has 0 saturated carbocycles. The Morgan fingerprint density at radius 2 is 2.03 bits per heavy atom. The number of ether oxygens (including phenoxy) is 2. The summed E-state index contributed by atoms with van der Waals surface area (Å²) in [5, 5.41) is 6.92. The van der Waals surface area contributed by atoms with Gasteiger partial charge in [0.2, 0.25) is 0 Å². The molecule has 7 heteroatoms. The summed E-state index contributed by atoms with van der Waals surface area (Å²) in [5.74, 6) is 1.40. The van der Waals surface area contributed by atoms with Crippen molar-refractivity contribution in [1.82, 2.24) is 10.3 Å². The lowest BCUT2D eigenvalue weighted by atomic mass is 9.98. The average molecular weight is 424 g/mol. The normalized spacial score (nSPS) is 12.9. The van der Waals surface area contributed by atoms with Gasteiger partial charge in [0, 0.05) is 29.5 Å². The van der Waals surface area contributed by atoms with Crippen LogP contribution in [0.3, 0.4) is 0 Å². The van der Waals surface area contributed by atoms with Crippen LogP contribution in [0.5, 0.6) is 11.5 Å². The van der Waals surface area contributed by atoms with E-state index in [1.54, 1.807) is 14.2 Å². The first kappa shape index (κ1) is 20.4. The lowest BCUT2D eigenvalue weighted by Gasteiger charge is -2.17. The summed E-state index contributed by atoms with van der Waals surface area (Å²) in [4.78, 5) is 18.4. The fraction of sp³-hybridized carbons (Fsp3) is 0.304. The number of anilines is 1. The molecule has 156 valence electrons. The Labute approximate surface area is 180 Å². The van der Waals surface area contributed by atoms with Crippen LogP contribution in [0.1, 0.15) is 37.6 Å². The van der Waals surface area contributed by atoms with Gasteiger partial charge in [-0.3, -0.25) is 10.1 Å². The maximum atomic E-state index is 12.8. The maximum Gasteiger partial charge on any atom is 0.257 e. The quantitative estimate of drug-likeness (QED) is 0.628. The average Bonchev–Trinajstić information content (AvgIpc) is 3.12. The van der Waals surface area contributed by atoms with Crippen molar-refractivity contribution in [2.75, 3.05) is 26.1 Å². The van der Waals surface area contributed by atoms with Gasteiger partial charge in [0.25, 0.3) is 5.91 Å². The van der Waals surface area contributed by atoms with E-state index in [1.807, 2.05) is 43.3 Å². The minimum Gasteiger partial charge on any atom is -0.497 e. The molecule has 1 amide bonds. The Hall–Kier alpha value is -2.90. The van der Waals surface area contributed by atoms with Gasteiger partial charge in [0.05, 0.1) is 19.9 Å². The number of carbonyl (C=O) groups is 1. The van der Waals surface area contributed by atoms with Crippen LogP contribution >= 0.6 is 11.3 Å². The number of nitrogens with zero attached hydrogens (tertiary/aromatic N) is 1. The van der Waals surface area contributed by atoms with Crippen LogP contribution < -0.4 is 20.1 Å². The molecule has 2 heterocycles. The Morgan fingerprint density at radius 3 is 2.83 bits per heavy atom. The summed E-state index contributed by atoms with van der Waals surface area (Å²) in [6.07, 6.45) is 1.62. The van der Waals surface area contributed by atoms with Crippen LogP contribution in [0.2, 0.25) is 0 Å². The molecule has 0 saturated heterocycles. The van der Waals surface area contributed by atoms with Crippen molar-refractivity contribution in [3.8, 4) is 11.5 Å². The number of aryl methyl sites for hydroxylation is 1. The molecule has 0 atom stereocenters. The number of nitrogens with one attached hydrogen (secondary N) is 2. The SMILES string of the molecule is COc1ccc(Cc2sc(NC(=O)c3ccc4c(c3)CCNC4)nc2C)c(OC)c1. The summed E-state index contributed by atoms with van der Waals surface area (Å²) in [6, 6.07) is 11.7.